The maximum Gasteiger partial charge on any atom is 0.307 e. The Morgan fingerprint density at radius 1 is 1.06 bits per heavy atom. The van der Waals surface area contributed by atoms with E-state index < -0.39 is 5.97 Å². The third-order valence-electron chi connectivity index (χ3n) is 6.33. The van der Waals surface area contributed by atoms with Gasteiger partial charge in [-0.1, -0.05) is 66.3 Å². The highest BCUT2D eigenvalue weighted by molar-refractivity contribution is 5.85. The van der Waals surface area contributed by atoms with E-state index in [0.717, 1.165) is 53.7 Å². The molecule has 0 saturated heterocycles. The van der Waals surface area contributed by atoms with Crippen LogP contribution in [0.25, 0.3) is 16.6 Å². The van der Waals surface area contributed by atoms with Gasteiger partial charge in [0.2, 0.25) is 0 Å². The van der Waals surface area contributed by atoms with Crippen molar-refractivity contribution in [3.63, 3.8) is 0 Å². The van der Waals surface area contributed by atoms with Crippen LogP contribution in [-0.4, -0.2) is 21.0 Å². The third kappa shape index (κ3) is 4.24. The van der Waals surface area contributed by atoms with Gasteiger partial charge >= 0.3 is 5.97 Å². The molecule has 0 spiro atoms. The number of aromatic amines is 1. The molecule has 2 aromatic carbocycles. The maximum atomic E-state index is 11.4. The molecule has 0 saturated carbocycles. The van der Waals surface area contributed by atoms with Crippen LogP contribution in [0.5, 0.6) is 0 Å². The number of imidazole rings is 1. The number of fused-ring (bicyclic) bond motifs is 3. The van der Waals surface area contributed by atoms with Gasteiger partial charge in [0.25, 0.3) is 0 Å². The lowest BCUT2D eigenvalue weighted by atomic mass is 9.82. The zero-order valence-electron chi connectivity index (χ0n) is 17.4. The van der Waals surface area contributed by atoms with Crippen LogP contribution >= 0.6 is 0 Å². The van der Waals surface area contributed by atoms with E-state index >= 15 is 0 Å². The number of benzene rings is 2. The Labute approximate surface area is 182 Å². The maximum absolute atomic E-state index is 11.4. The van der Waals surface area contributed by atoms with E-state index in [2.05, 4.69) is 52.5 Å². The van der Waals surface area contributed by atoms with Crippen LogP contribution in [0.1, 0.15) is 36.2 Å². The number of aryl methyl sites for hydroxylation is 1. The molecule has 2 aliphatic rings. The molecule has 4 heteroatoms. The molecule has 0 amide bonds. The Balaban J connectivity index is 1.30. The fraction of sp³-hybridized carbons (Fsp3) is 0.259. The van der Waals surface area contributed by atoms with E-state index in [1.54, 1.807) is 0 Å². The Morgan fingerprint density at radius 3 is 2.77 bits per heavy atom. The molecule has 4 nitrogen and oxygen atoms in total. The van der Waals surface area contributed by atoms with Gasteiger partial charge in [0.15, 0.2) is 0 Å². The van der Waals surface area contributed by atoms with Crippen LogP contribution in [0.15, 0.2) is 78.4 Å². The minimum absolute atomic E-state index is 0.0716. The standard InChI is InChI=1S/C27H26N2O2/c30-27(31)17-22-15-19-13-12-18(14-21(19)16-20-7-1-2-8-23(20)22)6-5-11-26-28-24-9-3-4-10-25(24)29-26/h1-4,7-10,12-15,19,21H,5-6,11,16-17H2,(H,28,29)(H,30,31). The highest BCUT2D eigenvalue weighted by Gasteiger charge is 2.26. The molecule has 2 unspecified atom stereocenters. The predicted octanol–water partition coefficient (Wildman–Crippen LogP) is 5.73. The number of carboxylic acid groups (broad SMARTS) is 1. The molecule has 1 aromatic heterocycles. The highest BCUT2D eigenvalue weighted by atomic mass is 16.4. The van der Waals surface area contributed by atoms with Crippen LogP contribution in [0.4, 0.5) is 0 Å². The largest absolute Gasteiger partial charge is 0.481 e. The number of aliphatic carboxylic acids is 1. The zero-order valence-corrected chi connectivity index (χ0v) is 17.4. The molecule has 2 aliphatic carbocycles. The predicted molar refractivity (Wildman–Crippen MR) is 124 cm³/mol. The van der Waals surface area contributed by atoms with Crippen molar-refractivity contribution in [2.75, 3.05) is 0 Å². The SMILES string of the molecule is O=C(O)CC1=CC2C=CC(CCCc3nc4ccccc4[nH]3)=CC2Cc2ccccc21. The average molecular weight is 411 g/mol. The van der Waals surface area contributed by atoms with E-state index in [1.165, 1.54) is 11.1 Å². The lowest BCUT2D eigenvalue weighted by Gasteiger charge is -2.23. The first-order valence-electron chi connectivity index (χ1n) is 11.0. The average Bonchev–Trinajstić information content (AvgIpc) is 3.11. The van der Waals surface area contributed by atoms with E-state index in [1.807, 2.05) is 30.3 Å². The molecule has 3 aromatic rings. The van der Waals surface area contributed by atoms with E-state index in [9.17, 15) is 9.90 Å². The van der Waals surface area contributed by atoms with Gasteiger partial charge in [-0.15, -0.1) is 0 Å². The number of carboxylic acids is 1. The van der Waals surface area contributed by atoms with Gasteiger partial charge < -0.3 is 10.1 Å². The molecular weight excluding hydrogens is 384 g/mol. The van der Waals surface area contributed by atoms with Crippen LogP contribution in [0, 0.1) is 11.8 Å². The Morgan fingerprint density at radius 2 is 1.90 bits per heavy atom. The van der Waals surface area contributed by atoms with Gasteiger partial charge in [0, 0.05) is 12.3 Å². The number of nitrogens with one attached hydrogen (secondary N) is 1. The molecule has 0 bridgehead atoms. The van der Waals surface area contributed by atoms with Gasteiger partial charge in [-0.2, -0.15) is 0 Å². The van der Waals surface area contributed by atoms with E-state index in [0.29, 0.717) is 5.92 Å². The first-order chi connectivity index (χ1) is 15.2. The van der Waals surface area contributed by atoms with Crippen LogP contribution in [-0.2, 0) is 17.6 Å². The number of allylic oxidation sites excluding steroid dienone is 5. The minimum Gasteiger partial charge on any atom is -0.481 e. The second-order valence-corrected chi connectivity index (χ2v) is 8.52. The monoisotopic (exact) mass is 410 g/mol. The molecule has 2 N–H and O–H groups in total. The van der Waals surface area contributed by atoms with Crippen molar-refractivity contribution in [2.24, 2.45) is 11.8 Å². The second-order valence-electron chi connectivity index (χ2n) is 8.52. The molecule has 1 heterocycles. The van der Waals surface area contributed by atoms with Crippen LogP contribution < -0.4 is 0 Å². The summed E-state index contributed by atoms with van der Waals surface area (Å²) in [6.07, 6.45) is 13.1. The van der Waals surface area contributed by atoms with Crippen molar-refractivity contribution in [1.82, 2.24) is 9.97 Å². The summed E-state index contributed by atoms with van der Waals surface area (Å²) in [4.78, 5) is 19.5. The van der Waals surface area contributed by atoms with Crippen molar-refractivity contribution in [3.8, 4) is 0 Å². The lowest BCUT2D eigenvalue weighted by molar-refractivity contribution is -0.135. The summed E-state index contributed by atoms with van der Waals surface area (Å²) in [6, 6.07) is 16.4. The van der Waals surface area contributed by atoms with Gasteiger partial charge in [-0.05, 0) is 54.0 Å². The summed E-state index contributed by atoms with van der Waals surface area (Å²) >= 11 is 0. The van der Waals surface area contributed by atoms with Crippen molar-refractivity contribution >= 4 is 22.6 Å². The molecular formula is C27H26N2O2. The number of nitrogens with zero attached hydrogens (tertiary/aromatic N) is 1. The molecule has 156 valence electrons. The van der Waals surface area contributed by atoms with Crippen molar-refractivity contribution in [1.29, 1.82) is 0 Å². The third-order valence-corrected chi connectivity index (χ3v) is 6.33. The fourth-order valence-electron chi connectivity index (χ4n) is 4.85. The van der Waals surface area contributed by atoms with Gasteiger partial charge in [-0.25, -0.2) is 4.98 Å². The number of rotatable bonds is 6. The summed E-state index contributed by atoms with van der Waals surface area (Å²) in [5.74, 6) is 0.893. The molecule has 31 heavy (non-hydrogen) atoms. The van der Waals surface area contributed by atoms with Crippen LogP contribution in [0.3, 0.4) is 0 Å². The smallest absolute Gasteiger partial charge is 0.307 e. The number of aromatic nitrogens is 2. The number of para-hydroxylation sites is 2. The number of hydrogen-bond acceptors (Lipinski definition) is 2. The topological polar surface area (TPSA) is 66.0 Å². The Bertz CT molecular complexity index is 1180. The van der Waals surface area contributed by atoms with Crippen molar-refractivity contribution < 1.29 is 9.90 Å². The number of carbonyl (C=O) groups is 1. The van der Waals surface area contributed by atoms with E-state index in [-0.39, 0.29) is 12.3 Å². The second kappa shape index (κ2) is 8.38. The molecule has 5 rings (SSSR count). The van der Waals surface area contributed by atoms with Gasteiger partial charge in [0.1, 0.15) is 5.82 Å². The Kier molecular flexibility index (Phi) is 5.29. The van der Waals surface area contributed by atoms with E-state index in [4.69, 9.17) is 0 Å². The first kappa shape index (κ1) is 19.6. The lowest BCUT2D eigenvalue weighted by Crippen LogP contribution is -2.14. The summed E-state index contributed by atoms with van der Waals surface area (Å²) in [5, 5.41) is 9.38. The fourth-order valence-corrected chi connectivity index (χ4v) is 4.85. The van der Waals surface area contributed by atoms with Crippen molar-refractivity contribution in [3.05, 3.63) is 95.4 Å². The number of H-pyrrole nitrogens is 1. The normalized spacial score (nSPS) is 19.9. The molecule has 0 aliphatic heterocycles. The number of hydrogen-bond donors (Lipinski definition) is 2. The molecule has 0 radical (unpaired) electrons. The van der Waals surface area contributed by atoms with Gasteiger partial charge in [-0.3, -0.25) is 4.79 Å². The molecule has 2 atom stereocenters. The quantitative estimate of drug-likeness (QED) is 0.545. The Hall–Kier alpha value is -3.40. The molecule has 0 fully saturated rings. The summed E-state index contributed by atoms with van der Waals surface area (Å²) in [6.45, 7) is 0. The summed E-state index contributed by atoms with van der Waals surface area (Å²) in [5.41, 5.74) is 6.76. The van der Waals surface area contributed by atoms with Crippen LogP contribution in [0.2, 0.25) is 0 Å². The van der Waals surface area contributed by atoms with Crippen molar-refractivity contribution in [2.45, 2.75) is 32.1 Å². The first-order valence-corrected chi connectivity index (χ1v) is 11.0. The zero-order chi connectivity index (χ0) is 21.2. The highest BCUT2D eigenvalue weighted by Crippen LogP contribution is 2.37. The summed E-state index contributed by atoms with van der Waals surface area (Å²) < 4.78 is 0. The summed E-state index contributed by atoms with van der Waals surface area (Å²) in [7, 11) is 0. The minimum atomic E-state index is -0.777. The van der Waals surface area contributed by atoms with Gasteiger partial charge in [0.05, 0.1) is 17.5 Å².